The molecule has 2 fully saturated rings. The maximum absolute atomic E-state index is 12.9. The van der Waals surface area contributed by atoms with Gasteiger partial charge in [0.25, 0.3) is 0 Å². The van der Waals surface area contributed by atoms with Gasteiger partial charge < -0.3 is 9.88 Å². The lowest BCUT2D eigenvalue weighted by molar-refractivity contribution is -0.131. The van der Waals surface area contributed by atoms with Crippen LogP contribution < -0.4 is 5.56 Å². The van der Waals surface area contributed by atoms with Gasteiger partial charge in [-0.3, -0.25) is 14.7 Å². The minimum absolute atomic E-state index is 0.0895. The van der Waals surface area contributed by atoms with Crippen molar-refractivity contribution in [2.24, 2.45) is 5.92 Å². The second kappa shape index (κ2) is 8.33. The number of aromatic amines is 2. The van der Waals surface area contributed by atoms with Crippen LogP contribution in [0.3, 0.4) is 0 Å². The molecule has 1 amide bonds. The molecule has 1 saturated carbocycles. The fourth-order valence-electron chi connectivity index (χ4n) is 5.60. The Morgan fingerprint density at radius 2 is 1.87 bits per heavy atom. The van der Waals surface area contributed by atoms with Gasteiger partial charge in [-0.25, -0.2) is 0 Å². The molecule has 3 aromatic rings. The van der Waals surface area contributed by atoms with Crippen LogP contribution in [0, 0.1) is 12.8 Å². The van der Waals surface area contributed by atoms with E-state index >= 15 is 0 Å². The number of pyridine rings is 1. The quantitative estimate of drug-likeness (QED) is 0.665. The molecule has 6 heteroatoms. The van der Waals surface area contributed by atoms with Crippen molar-refractivity contribution in [3.8, 4) is 0 Å². The third kappa shape index (κ3) is 4.03. The zero-order valence-electron chi connectivity index (χ0n) is 18.1. The van der Waals surface area contributed by atoms with Crippen LogP contribution in [-0.4, -0.2) is 39.1 Å². The van der Waals surface area contributed by atoms with E-state index in [9.17, 15) is 9.59 Å². The summed E-state index contributed by atoms with van der Waals surface area (Å²) in [6.45, 7) is 3.72. The molecule has 0 bridgehead atoms. The van der Waals surface area contributed by atoms with Crippen molar-refractivity contribution in [3.05, 3.63) is 63.6 Å². The SMILES string of the molecule is Cc1[nH]nc2[nH]c(=O)cc(C3CCC(CC(=O)N4CCC(c5ccccc5)C4)CC3)c12. The number of likely N-dealkylation sites (tertiary alicyclic amines) is 1. The Bertz CT molecular complexity index is 1130. The summed E-state index contributed by atoms with van der Waals surface area (Å²) in [4.78, 5) is 29.9. The lowest BCUT2D eigenvalue weighted by Gasteiger charge is -2.30. The molecule has 6 nitrogen and oxygen atoms in total. The number of aryl methyl sites for hydroxylation is 1. The van der Waals surface area contributed by atoms with Gasteiger partial charge in [-0.05, 0) is 62.0 Å². The monoisotopic (exact) mass is 418 g/mol. The lowest BCUT2D eigenvalue weighted by atomic mass is 9.77. The van der Waals surface area contributed by atoms with Gasteiger partial charge in [0.2, 0.25) is 11.5 Å². The number of hydrogen-bond donors (Lipinski definition) is 2. The number of carbonyl (C=O) groups excluding carboxylic acids is 1. The van der Waals surface area contributed by atoms with Crippen molar-refractivity contribution >= 4 is 16.9 Å². The topological polar surface area (TPSA) is 81.8 Å². The molecule has 1 aliphatic carbocycles. The van der Waals surface area contributed by atoms with Gasteiger partial charge in [-0.1, -0.05) is 30.3 Å². The van der Waals surface area contributed by atoms with E-state index in [4.69, 9.17) is 0 Å². The molecule has 1 aromatic carbocycles. The Hall–Kier alpha value is -2.89. The Balaban J connectivity index is 1.19. The van der Waals surface area contributed by atoms with E-state index in [-0.39, 0.29) is 5.56 Å². The number of rotatable bonds is 4. The number of benzene rings is 1. The summed E-state index contributed by atoms with van der Waals surface area (Å²) in [5, 5.41) is 8.28. The summed E-state index contributed by atoms with van der Waals surface area (Å²) < 4.78 is 0. The third-order valence-electron chi connectivity index (χ3n) is 7.33. The van der Waals surface area contributed by atoms with Crippen LogP contribution in [0.1, 0.15) is 67.2 Å². The summed E-state index contributed by atoms with van der Waals surface area (Å²) in [5.74, 6) is 1.59. The average molecular weight is 419 g/mol. The highest BCUT2D eigenvalue weighted by atomic mass is 16.2. The van der Waals surface area contributed by atoms with Crippen LogP contribution in [0.5, 0.6) is 0 Å². The largest absolute Gasteiger partial charge is 0.342 e. The zero-order valence-corrected chi connectivity index (χ0v) is 18.1. The van der Waals surface area contributed by atoms with Gasteiger partial charge in [0.15, 0.2) is 5.65 Å². The van der Waals surface area contributed by atoms with Gasteiger partial charge in [0, 0.05) is 42.6 Å². The smallest absolute Gasteiger partial charge is 0.249 e. The van der Waals surface area contributed by atoms with Crippen LogP contribution in [-0.2, 0) is 4.79 Å². The highest BCUT2D eigenvalue weighted by Crippen LogP contribution is 2.39. The predicted molar refractivity (Wildman–Crippen MR) is 121 cm³/mol. The molecule has 3 heterocycles. The predicted octanol–water partition coefficient (Wildman–Crippen LogP) is 4.24. The van der Waals surface area contributed by atoms with E-state index in [0.29, 0.717) is 35.7 Å². The Morgan fingerprint density at radius 3 is 2.65 bits per heavy atom. The minimum atomic E-state index is -0.0895. The summed E-state index contributed by atoms with van der Waals surface area (Å²) in [6, 6.07) is 12.3. The summed E-state index contributed by atoms with van der Waals surface area (Å²) in [5.41, 5.74) is 4.02. The molecule has 31 heavy (non-hydrogen) atoms. The fourth-order valence-corrected chi connectivity index (χ4v) is 5.60. The molecule has 2 N–H and O–H groups in total. The number of nitrogens with zero attached hydrogens (tertiary/aromatic N) is 2. The van der Waals surface area contributed by atoms with Gasteiger partial charge in [-0.2, -0.15) is 5.10 Å². The first-order chi connectivity index (χ1) is 15.1. The first-order valence-corrected chi connectivity index (χ1v) is 11.5. The Kier molecular flexibility index (Phi) is 5.38. The lowest BCUT2D eigenvalue weighted by Crippen LogP contribution is -2.31. The number of amides is 1. The summed E-state index contributed by atoms with van der Waals surface area (Å²) in [6.07, 6.45) is 5.84. The number of hydrogen-bond acceptors (Lipinski definition) is 3. The van der Waals surface area contributed by atoms with Gasteiger partial charge >= 0.3 is 0 Å². The molecule has 5 rings (SSSR count). The van der Waals surface area contributed by atoms with Crippen molar-refractivity contribution < 1.29 is 4.79 Å². The molecule has 1 atom stereocenters. The second-order valence-corrected chi connectivity index (χ2v) is 9.32. The number of H-pyrrole nitrogens is 2. The van der Waals surface area contributed by atoms with Gasteiger partial charge in [-0.15, -0.1) is 0 Å². The van der Waals surface area contributed by atoms with Crippen molar-refractivity contribution in [2.75, 3.05) is 13.1 Å². The Morgan fingerprint density at radius 1 is 1.10 bits per heavy atom. The van der Waals surface area contributed by atoms with Crippen molar-refractivity contribution in [1.29, 1.82) is 0 Å². The van der Waals surface area contributed by atoms with E-state index in [1.54, 1.807) is 6.07 Å². The molecule has 1 unspecified atom stereocenters. The number of fused-ring (bicyclic) bond motifs is 1. The average Bonchev–Trinajstić information content (AvgIpc) is 3.42. The first kappa shape index (κ1) is 20.0. The summed E-state index contributed by atoms with van der Waals surface area (Å²) >= 11 is 0. The highest BCUT2D eigenvalue weighted by molar-refractivity contribution is 5.82. The van der Waals surface area contributed by atoms with Crippen molar-refractivity contribution in [2.45, 2.75) is 57.3 Å². The van der Waals surface area contributed by atoms with E-state index < -0.39 is 0 Å². The van der Waals surface area contributed by atoms with Crippen molar-refractivity contribution in [1.82, 2.24) is 20.1 Å². The van der Waals surface area contributed by atoms with Crippen LogP contribution >= 0.6 is 0 Å². The molecule has 2 aliphatic rings. The maximum atomic E-state index is 12.9. The fraction of sp³-hybridized carbons (Fsp3) is 0.480. The van der Waals surface area contributed by atoms with E-state index in [1.165, 1.54) is 5.56 Å². The number of nitrogens with one attached hydrogen (secondary N) is 2. The van der Waals surface area contributed by atoms with Crippen LogP contribution in [0.25, 0.3) is 11.0 Å². The third-order valence-corrected chi connectivity index (χ3v) is 7.33. The molecule has 2 aromatic heterocycles. The molecule has 162 valence electrons. The molecule has 1 aliphatic heterocycles. The minimum Gasteiger partial charge on any atom is -0.342 e. The number of aromatic nitrogens is 3. The standard InChI is InChI=1S/C25H30N4O2/c1-16-24-21(14-22(30)26-25(24)28-27-16)19-9-7-17(8-10-19)13-23(31)29-12-11-20(15-29)18-5-3-2-4-6-18/h2-6,14,17,19-20H,7-13,15H2,1H3,(H2,26,27,28,30). The van der Waals surface area contributed by atoms with E-state index in [2.05, 4.69) is 44.3 Å². The van der Waals surface area contributed by atoms with Gasteiger partial charge in [0.1, 0.15) is 0 Å². The second-order valence-electron chi connectivity index (χ2n) is 9.32. The molecular weight excluding hydrogens is 388 g/mol. The van der Waals surface area contributed by atoms with Gasteiger partial charge in [0.05, 0.1) is 0 Å². The molecule has 0 radical (unpaired) electrons. The van der Waals surface area contributed by atoms with Crippen LogP contribution in [0.4, 0.5) is 0 Å². The van der Waals surface area contributed by atoms with Crippen LogP contribution in [0.2, 0.25) is 0 Å². The maximum Gasteiger partial charge on any atom is 0.249 e. The van der Waals surface area contributed by atoms with E-state index in [1.807, 2.05) is 13.0 Å². The number of carbonyl (C=O) groups is 1. The zero-order chi connectivity index (χ0) is 21.4. The van der Waals surface area contributed by atoms with Crippen molar-refractivity contribution in [3.63, 3.8) is 0 Å². The molecule has 1 saturated heterocycles. The highest BCUT2D eigenvalue weighted by Gasteiger charge is 2.31. The first-order valence-electron chi connectivity index (χ1n) is 11.5. The summed E-state index contributed by atoms with van der Waals surface area (Å²) in [7, 11) is 0. The molecular formula is C25H30N4O2. The van der Waals surface area contributed by atoms with Crippen LogP contribution in [0.15, 0.2) is 41.2 Å². The molecule has 0 spiro atoms. The van der Waals surface area contributed by atoms with E-state index in [0.717, 1.165) is 61.8 Å². The Labute approximate surface area is 182 Å². The normalized spacial score (nSPS) is 24.0.